The van der Waals surface area contributed by atoms with Gasteiger partial charge in [-0.15, -0.1) is 11.3 Å². The van der Waals surface area contributed by atoms with E-state index in [9.17, 15) is 9.59 Å². The Morgan fingerprint density at radius 1 is 1.22 bits per heavy atom. The van der Waals surface area contributed by atoms with Gasteiger partial charge in [-0.1, -0.05) is 17.7 Å². The summed E-state index contributed by atoms with van der Waals surface area (Å²) in [6.45, 7) is 7.49. The lowest BCUT2D eigenvalue weighted by atomic mass is 10.1. The molecule has 0 aliphatic heterocycles. The second-order valence-corrected chi connectivity index (χ2v) is 6.68. The molecule has 2 rings (SSSR count). The van der Waals surface area contributed by atoms with Crippen molar-refractivity contribution in [2.24, 2.45) is 5.73 Å². The van der Waals surface area contributed by atoms with E-state index in [0.29, 0.717) is 16.3 Å². The number of nitrogens with two attached hydrogens (primary N) is 1. The molecule has 0 saturated heterocycles. The fourth-order valence-electron chi connectivity index (χ4n) is 2.28. The minimum absolute atomic E-state index is 0.127. The zero-order valence-corrected chi connectivity index (χ0v) is 14.5. The van der Waals surface area contributed by atoms with Crippen molar-refractivity contribution in [2.45, 2.75) is 27.7 Å². The standard InChI is InChI=1S/C17H20N2O3S/c1-9-5-6-13(10(2)7-9)22-8-14(20)19-17-15(16(18)21)11(3)12(4)23-17/h5-7H,8H2,1-4H3,(H2,18,21)(H,19,20). The van der Waals surface area contributed by atoms with Crippen molar-refractivity contribution in [1.82, 2.24) is 0 Å². The summed E-state index contributed by atoms with van der Waals surface area (Å²) >= 11 is 1.34. The van der Waals surface area contributed by atoms with Gasteiger partial charge in [0, 0.05) is 4.88 Å². The number of rotatable bonds is 5. The summed E-state index contributed by atoms with van der Waals surface area (Å²) in [4.78, 5) is 24.6. The second-order valence-electron chi connectivity index (χ2n) is 5.46. The molecule has 1 heterocycles. The van der Waals surface area contributed by atoms with Crippen LogP contribution in [0.1, 0.15) is 31.9 Å². The molecule has 0 atom stereocenters. The molecule has 122 valence electrons. The minimum atomic E-state index is -0.544. The summed E-state index contributed by atoms with van der Waals surface area (Å²) in [6.07, 6.45) is 0. The van der Waals surface area contributed by atoms with Crippen molar-refractivity contribution >= 4 is 28.2 Å². The lowest BCUT2D eigenvalue weighted by molar-refractivity contribution is -0.118. The molecule has 0 fully saturated rings. The molecule has 3 N–H and O–H groups in total. The molecule has 6 heteroatoms. The van der Waals surface area contributed by atoms with Crippen molar-refractivity contribution < 1.29 is 14.3 Å². The number of primary amides is 1. The van der Waals surface area contributed by atoms with E-state index in [1.165, 1.54) is 11.3 Å². The second kappa shape index (κ2) is 6.83. The Morgan fingerprint density at radius 3 is 2.52 bits per heavy atom. The van der Waals surface area contributed by atoms with Crippen molar-refractivity contribution in [3.63, 3.8) is 0 Å². The predicted molar refractivity (Wildman–Crippen MR) is 92.4 cm³/mol. The van der Waals surface area contributed by atoms with Gasteiger partial charge in [-0.05, 0) is 44.9 Å². The van der Waals surface area contributed by atoms with E-state index in [0.717, 1.165) is 21.6 Å². The van der Waals surface area contributed by atoms with Gasteiger partial charge in [-0.2, -0.15) is 0 Å². The summed E-state index contributed by atoms with van der Waals surface area (Å²) in [5, 5.41) is 3.18. The van der Waals surface area contributed by atoms with Gasteiger partial charge in [0.05, 0.1) is 5.56 Å². The third kappa shape index (κ3) is 3.90. The van der Waals surface area contributed by atoms with E-state index in [1.807, 2.05) is 45.9 Å². The average Bonchev–Trinajstić information content (AvgIpc) is 2.72. The zero-order chi connectivity index (χ0) is 17.1. The predicted octanol–water partition coefficient (Wildman–Crippen LogP) is 3.10. The maximum atomic E-state index is 12.1. The van der Waals surface area contributed by atoms with Crippen LogP contribution in [0.4, 0.5) is 5.00 Å². The van der Waals surface area contributed by atoms with E-state index in [1.54, 1.807) is 0 Å². The average molecular weight is 332 g/mol. The molecule has 1 aromatic carbocycles. The van der Waals surface area contributed by atoms with Crippen molar-refractivity contribution in [1.29, 1.82) is 0 Å². The third-order valence-electron chi connectivity index (χ3n) is 3.57. The molecule has 0 saturated carbocycles. The Balaban J connectivity index is 2.06. The van der Waals surface area contributed by atoms with Gasteiger partial charge in [-0.3, -0.25) is 9.59 Å². The summed E-state index contributed by atoms with van der Waals surface area (Å²) in [5.74, 6) is -0.203. The Bertz CT molecular complexity index is 765. The highest BCUT2D eigenvalue weighted by Crippen LogP contribution is 2.32. The van der Waals surface area contributed by atoms with Gasteiger partial charge >= 0.3 is 0 Å². The van der Waals surface area contributed by atoms with Crippen LogP contribution in [0.25, 0.3) is 0 Å². The molecule has 0 radical (unpaired) electrons. The zero-order valence-electron chi connectivity index (χ0n) is 13.6. The number of ether oxygens (including phenoxy) is 1. The number of nitrogens with one attached hydrogen (secondary N) is 1. The monoisotopic (exact) mass is 332 g/mol. The van der Waals surface area contributed by atoms with Gasteiger partial charge in [0.1, 0.15) is 10.8 Å². The number of carbonyl (C=O) groups is 2. The lowest BCUT2D eigenvalue weighted by Crippen LogP contribution is -2.22. The molecular formula is C17H20N2O3S. The first-order chi connectivity index (χ1) is 10.8. The number of benzene rings is 1. The summed E-state index contributed by atoms with van der Waals surface area (Å²) in [6, 6.07) is 5.76. The Kier molecular flexibility index (Phi) is 5.05. The molecule has 23 heavy (non-hydrogen) atoms. The van der Waals surface area contributed by atoms with Crippen LogP contribution in [0.2, 0.25) is 0 Å². The summed E-state index contributed by atoms with van der Waals surface area (Å²) < 4.78 is 5.54. The van der Waals surface area contributed by atoms with Gasteiger partial charge in [-0.25, -0.2) is 0 Å². The van der Waals surface area contributed by atoms with Gasteiger partial charge < -0.3 is 15.8 Å². The topological polar surface area (TPSA) is 81.4 Å². The number of hydrogen-bond donors (Lipinski definition) is 2. The number of carbonyl (C=O) groups excluding carboxylic acids is 2. The number of thiophene rings is 1. The van der Waals surface area contributed by atoms with Crippen molar-refractivity contribution in [3.8, 4) is 5.75 Å². The first kappa shape index (κ1) is 17.0. The molecule has 2 aromatic rings. The highest BCUT2D eigenvalue weighted by atomic mass is 32.1. The number of amides is 2. The molecule has 1 aromatic heterocycles. The van der Waals surface area contributed by atoms with Crippen LogP contribution < -0.4 is 15.8 Å². The third-order valence-corrected chi connectivity index (χ3v) is 4.70. The molecule has 0 bridgehead atoms. The van der Waals surface area contributed by atoms with E-state index in [-0.39, 0.29) is 12.5 Å². The molecular weight excluding hydrogens is 312 g/mol. The normalized spacial score (nSPS) is 10.4. The first-order valence-electron chi connectivity index (χ1n) is 7.19. The van der Waals surface area contributed by atoms with Gasteiger partial charge in [0.25, 0.3) is 11.8 Å². The van der Waals surface area contributed by atoms with Crippen LogP contribution >= 0.6 is 11.3 Å². The van der Waals surface area contributed by atoms with Crippen LogP contribution in [0.5, 0.6) is 5.75 Å². The molecule has 0 unspecified atom stereocenters. The van der Waals surface area contributed by atoms with Crippen LogP contribution in [0, 0.1) is 27.7 Å². The smallest absolute Gasteiger partial charge is 0.262 e. The van der Waals surface area contributed by atoms with Gasteiger partial charge in [0.15, 0.2) is 6.61 Å². The highest BCUT2D eigenvalue weighted by molar-refractivity contribution is 7.16. The fraction of sp³-hybridized carbons (Fsp3) is 0.294. The summed E-state index contributed by atoms with van der Waals surface area (Å²) in [7, 11) is 0. The number of anilines is 1. The maximum absolute atomic E-state index is 12.1. The largest absolute Gasteiger partial charge is 0.483 e. The van der Waals surface area contributed by atoms with E-state index < -0.39 is 5.91 Å². The highest BCUT2D eigenvalue weighted by Gasteiger charge is 2.19. The molecule has 2 amide bonds. The van der Waals surface area contributed by atoms with Crippen LogP contribution in [0.15, 0.2) is 18.2 Å². The van der Waals surface area contributed by atoms with Crippen LogP contribution in [-0.2, 0) is 4.79 Å². The Hall–Kier alpha value is -2.34. The molecule has 0 aliphatic rings. The minimum Gasteiger partial charge on any atom is -0.483 e. The molecule has 0 spiro atoms. The molecule has 5 nitrogen and oxygen atoms in total. The maximum Gasteiger partial charge on any atom is 0.262 e. The van der Waals surface area contributed by atoms with Crippen LogP contribution in [0.3, 0.4) is 0 Å². The Morgan fingerprint density at radius 2 is 1.91 bits per heavy atom. The van der Waals surface area contributed by atoms with E-state index >= 15 is 0 Å². The summed E-state index contributed by atoms with van der Waals surface area (Å²) in [5.41, 5.74) is 8.66. The fourth-order valence-corrected chi connectivity index (χ4v) is 3.36. The quantitative estimate of drug-likeness (QED) is 0.883. The van der Waals surface area contributed by atoms with Crippen molar-refractivity contribution in [3.05, 3.63) is 45.3 Å². The Labute approximate surface area is 139 Å². The van der Waals surface area contributed by atoms with Crippen LogP contribution in [-0.4, -0.2) is 18.4 Å². The van der Waals surface area contributed by atoms with E-state index in [2.05, 4.69) is 5.32 Å². The van der Waals surface area contributed by atoms with E-state index in [4.69, 9.17) is 10.5 Å². The first-order valence-corrected chi connectivity index (χ1v) is 8.01. The van der Waals surface area contributed by atoms with Crippen molar-refractivity contribution in [2.75, 3.05) is 11.9 Å². The number of aryl methyl sites for hydroxylation is 3. The molecule has 0 aliphatic carbocycles. The number of hydrogen-bond acceptors (Lipinski definition) is 4. The lowest BCUT2D eigenvalue weighted by Gasteiger charge is -2.10. The van der Waals surface area contributed by atoms with Gasteiger partial charge in [0.2, 0.25) is 0 Å². The SMILES string of the molecule is Cc1ccc(OCC(=O)Nc2sc(C)c(C)c2C(N)=O)c(C)c1.